The summed E-state index contributed by atoms with van der Waals surface area (Å²) >= 11 is 0. The Kier molecular flexibility index (Phi) is 47.7. The van der Waals surface area contributed by atoms with Gasteiger partial charge in [0.05, 0.1) is 0 Å². The Morgan fingerprint density at radius 2 is 0.442 bits per heavy atom. The summed E-state index contributed by atoms with van der Waals surface area (Å²) in [4.78, 5) is 20.5. The van der Waals surface area contributed by atoms with E-state index in [0.717, 1.165) is 25.7 Å². The second-order valence-electron chi connectivity index (χ2n) is 12.9. The molecule has 0 aliphatic rings. The fourth-order valence-electron chi connectivity index (χ4n) is 5.63. The molecule has 0 unspecified atom stereocenters. The van der Waals surface area contributed by atoms with Crippen LogP contribution >= 0.6 is 0 Å². The number of carbonyl (C=O) groups excluding carboxylic acids is 2. The molecular weight excluding hydrogens is 586 g/mol. The minimum absolute atomic E-state index is 0. The summed E-state index contributed by atoms with van der Waals surface area (Å²) in [6.45, 7) is 4.54. The average Bonchev–Trinajstić information content (AvgIpc) is 2.97. The molecule has 0 saturated heterocycles. The summed E-state index contributed by atoms with van der Waals surface area (Å²) in [5.41, 5.74) is 0. The van der Waals surface area contributed by atoms with E-state index in [0.29, 0.717) is 0 Å². The first-order chi connectivity index (χ1) is 20.5. The summed E-state index contributed by atoms with van der Waals surface area (Å²) in [7, 11) is 0. The maximum Gasteiger partial charge on any atom is 2.00 e. The van der Waals surface area contributed by atoms with E-state index in [1.807, 2.05) is 0 Å². The summed E-state index contributed by atoms with van der Waals surface area (Å²) in [6, 6.07) is 0. The summed E-state index contributed by atoms with van der Waals surface area (Å²) in [6.07, 6.45) is 42.7. The number of hydrogen-bond donors (Lipinski definition) is 0. The Labute approximate surface area is 282 Å². The molecule has 4 nitrogen and oxygen atoms in total. The zero-order valence-electron chi connectivity index (χ0n) is 29.4. The number of rotatable bonds is 34. The number of hydrogen-bond acceptors (Lipinski definition) is 4. The standard InChI is InChI=1S/2C19H38O2.Zn/c2*1-2-3-4-5-6-7-8-9-10-11-12-13-14-15-16-17-18-19(20)21;/h2*2-18H2,1H3,(H,20,21);/q;;+2/p-2. The van der Waals surface area contributed by atoms with Crippen LogP contribution in [0.3, 0.4) is 0 Å². The zero-order chi connectivity index (χ0) is 31.2. The maximum atomic E-state index is 10.2. The van der Waals surface area contributed by atoms with Crippen molar-refractivity contribution in [3.8, 4) is 0 Å². The van der Waals surface area contributed by atoms with Gasteiger partial charge in [0.2, 0.25) is 0 Å². The number of aliphatic carboxylic acids is 2. The fourth-order valence-corrected chi connectivity index (χ4v) is 5.63. The van der Waals surface area contributed by atoms with Gasteiger partial charge in [-0.05, 0) is 25.7 Å². The van der Waals surface area contributed by atoms with Gasteiger partial charge in [0.15, 0.2) is 0 Å². The van der Waals surface area contributed by atoms with E-state index in [9.17, 15) is 19.8 Å². The van der Waals surface area contributed by atoms with Crippen LogP contribution in [-0.4, -0.2) is 11.9 Å². The van der Waals surface area contributed by atoms with Crippen LogP contribution in [0.2, 0.25) is 0 Å². The Morgan fingerprint density at radius 1 is 0.302 bits per heavy atom. The number of carbonyl (C=O) groups is 2. The molecule has 0 bridgehead atoms. The number of carboxylic acid groups (broad SMARTS) is 2. The van der Waals surface area contributed by atoms with Crippen LogP contribution in [0, 0.1) is 0 Å². The molecule has 0 aromatic heterocycles. The van der Waals surface area contributed by atoms with Crippen molar-refractivity contribution in [2.24, 2.45) is 0 Å². The van der Waals surface area contributed by atoms with E-state index in [1.54, 1.807) is 0 Å². The second-order valence-corrected chi connectivity index (χ2v) is 12.9. The fraction of sp³-hybridized carbons (Fsp3) is 0.947. The average molecular weight is 660 g/mol. The Morgan fingerprint density at radius 3 is 0.581 bits per heavy atom. The normalized spacial score (nSPS) is 10.7. The van der Waals surface area contributed by atoms with E-state index in [-0.39, 0.29) is 32.3 Å². The molecule has 0 aliphatic carbocycles. The molecule has 0 saturated carbocycles. The van der Waals surface area contributed by atoms with E-state index in [4.69, 9.17) is 0 Å². The molecule has 0 rings (SSSR count). The van der Waals surface area contributed by atoms with Gasteiger partial charge in [0.25, 0.3) is 0 Å². The molecule has 5 heteroatoms. The van der Waals surface area contributed by atoms with Crippen molar-refractivity contribution in [2.75, 3.05) is 0 Å². The van der Waals surface area contributed by atoms with Crippen molar-refractivity contribution >= 4 is 11.9 Å². The van der Waals surface area contributed by atoms with Gasteiger partial charge in [-0.1, -0.05) is 206 Å². The van der Waals surface area contributed by atoms with Crippen molar-refractivity contribution in [3.05, 3.63) is 0 Å². The van der Waals surface area contributed by atoms with Gasteiger partial charge in [0, 0.05) is 11.9 Å². The van der Waals surface area contributed by atoms with Gasteiger partial charge in [-0.25, -0.2) is 0 Å². The van der Waals surface area contributed by atoms with Gasteiger partial charge in [-0.15, -0.1) is 0 Å². The van der Waals surface area contributed by atoms with Crippen molar-refractivity contribution in [2.45, 2.75) is 232 Å². The van der Waals surface area contributed by atoms with Crippen molar-refractivity contribution in [1.82, 2.24) is 0 Å². The summed E-state index contributed by atoms with van der Waals surface area (Å²) < 4.78 is 0. The molecule has 0 N–H and O–H groups in total. The molecule has 43 heavy (non-hydrogen) atoms. The molecule has 252 valence electrons. The van der Waals surface area contributed by atoms with E-state index < -0.39 is 11.9 Å². The molecule has 0 radical (unpaired) electrons. The van der Waals surface area contributed by atoms with Crippen LogP contribution in [0.15, 0.2) is 0 Å². The first kappa shape index (κ1) is 47.0. The molecule has 0 atom stereocenters. The molecular formula is C38H74O4Zn. The van der Waals surface area contributed by atoms with Gasteiger partial charge in [0.1, 0.15) is 0 Å². The van der Waals surface area contributed by atoms with Crippen LogP contribution in [0.4, 0.5) is 0 Å². The molecule has 0 spiro atoms. The third-order valence-corrected chi connectivity index (χ3v) is 8.47. The smallest absolute Gasteiger partial charge is 0.550 e. The maximum absolute atomic E-state index is 10.2. The molecule has 0 amide bonds. The first-order valence-corrected chi connectivity index (χ1v) is 18.9. The first-order valence-electron chi connectivity index (χ1n) is 18.9. The third-order valence-electron chi connectivity index (χ3n) is 8.47. The Bertz CT molecular complexity index is 480. The molecule has 0 aliphatic heterocycles. The Balaban J connectivity index is -0.000000727. The van der Waals surface area contributed by atoms with E-state index >= 15 is 0 Å². The van der Waals surface area contributed by atoms with Crippen LogP contribution in [0.5, 0.6) is 0 Å². The van der Waals surface area contributed by atoms with Crippen molar-refractivity contribution in [1.29, 1.82) is 0 Å². The van der Waals surface area contributed by atoms with Crippen LogP contribution in [0.25, 0.3) is 0 Å². The SMILES string of the molecule is CCCCCCCCCCCCCCCCCCC(=O)[O-].CCCCCCCCCCCCCCCCCCC(=O)[O-].[Zn+2]. The largest absolute Gasteiger partial charge is 2.00 e. The van der Waals surface area contributed by atoms with Gasteiger partial charge in [-0.3, -0.25) is 0 Å². The van der Waals surface area contributed by atoms with Crippen LogP contribution < -0.4 is 10.2 Å². The predicted octanol–water partition coefficient (Wildman–Crippen LogP) is 10.8. The molecule has 0 aromatic rings. The van der Waals surface area contributed by atoms with E-state index in [2.05, 4.69) is 13.8 Å². The second kappa shape index (κ2) is 43.7. The number of carboxylic acids is 2. The zero-order valence-corrected chi connectivity index (χ0v) is 32.3. The Hall–Kier alpha value is -0.437. The monoisotopic (exact) mass is 658 g/mol. The third kappa shape index (κ3) is 51.4. The predicted molar refractivity (Wildman–Crippen MR) is 178 cm³/mol. The molecule has 0 aromatic carbocycles. The van der Waals surface area contributed by atoms with Crippen molar-refractivity contribution in [3.63, 3.8) is 0 Å². The summed E-state index contributed by atoms with van der Waals surface area (Å²) in [5.74, 6) is -1.80. The van der Waals surface area contributed by atoms with Crippen LogP contribution in [0.1, 0.15) is 232 Å². The number of unbranched alkanes of at least 4 members (excludes halogenated alkanes) is 30. The van der Waals surface area contributed by atoms with Gasteiger partial charge in [-0.2, -0.15) is 0 Å². The van der Waals surface area contributed by atoms with Gasteiger partial charge >= 0.3 is 19.5 Å². The minimum atomic E-state index is -0.902. The summed E-state index contributed by atoms with van der Waals surface area (Å²) in [5, 5.41) is 20.5. The van der Waals surface area contributed by atoms with Gasteiger partial charge < -0.3 is 19.8 Å². The topological polar surface area (TPSA) is 80.3 Å². The van der Waals surface area contributed by atoms with Crippen molar-refractivity contribution < 1.29 is 39.3 Å². The molecule has 0 fully saturated rings. The quantitative estimate of drug-likeness (QED) is 0.0508. The van der Waals surface area contributed by atoms with E-state index in [1.165, 1.54) is 180 Å². The van der Waals surface area contributed by atoms with Crippen LogP contribution in [-0.2, 0) is 29.1 Å². The molecule has 0 heterocycles. The minimum Gasteiger partial charge on any atom is -0.550 e.